The zero-order chi connectivity index (χ0) is 16.9. The Morgan fingerprint density at radius 2 is 2.21 bits per heavy atom. The van der Waals surface area contributed by atoms with Crippen LogP contribution in [0.4, 0.5) is 4.79 Å². The molecule has 0 saturated carbocycles. The number of aryl methyl sites for hydroxylation is 1. The summed E-state index contributed by atoms with van der Waals surface area (Å²) in [6, 6.07) is 8.20. The monoisotopic (exact) mass is 345 g/mol. The summed E-state index contributed by atoms with van der Waals surface area (Å²) in [5.74, 6) is 0.870. The van der Waals surface area contributed by atoms with Gasteiger partial charge in [-0.05, 0) is 44.4 Å². The van der Waals surface area contributed by atoms with Crippen molar-refractivity contribution in [3.63, 3.8) is 0 Å². The van der Waals surface area contributed by atoms with Gasteiger partial charge in [0.2, 0.25) is 0 Å². The van der Waals surface area contributed by atoms with Crippen LogP contribution in [0.1, 0.15) is 42.1 Å². The SMILES string of the molecule is CCOc1ccc([C@H]2CCCN2C(=O)NCc2nc(C)cs2)cc1. The molecule has 2 amide bonds. The summed E-state index contributed by atoms with van der Waals surface area (Å²) in [6.45, 7) is 5.88. The van der Waals surface area contributed by atoms with Gasteiger partial charge in [-0.1, -0.05) is 12.1 Å². The maximum atomic E-state index is 12.5. The lowest BCUT2D eigenvalue weighted by atomic mass is 10.0. The lowest BCUT2D eigenvalue weighted by molar-refractivity contribution is 0.192. The lowest BCUT2D eigenvalue weighted by Gasteiger charge is -2.25. The number of carbonyl (C=O) groups excluding carboxylic acids is 1. The first-order chi connectivity index (χ1) is 11.7. The third-order valence-corrected chi connectivity index (χ3v) is 5.11. The van der Waals surface area contributed by atoms with Crippen molar-refractivity contribution < 1.29 is 9.53 Å². The maximum absolute atomic E-state index is 12.5. The van der Waals surface area contributed by atoms with Crippen molar-refractivity contribution in [3.05, 3.63) is 45.9 Å². The molecule has 1 aliphatic rings. The quantitative estimate of drug-likeness (QED) is 0.894. The number of rotatable bonds is 5. The van der Waals surface area contributed by atoms with Crippen LogP contribution in [0.5, 0.6) is 5.75 Å². The standard InChI is InChI=1S/C18H23N3O2S/c1-3-23-15-8-6-14(7-9-15)16-5-4-10-21(16)18(22)19-11-17-20-13(2)12-24-17/h6-9,12,16H,3-5,10-11H2,1-2H3,(H,19,22)/t16-/m1/s1. The van der Waals surface area contributed by atoms with Crippen molar-refractivity contribution in [2.45, 2.75) is 39.3 Å². The minimum absolute atomic E-state index is 0.0146. The van der Waals surface area contributed by atoms with E-state index < -0.39 is 0 Å². The number of amides is 2. The van der Waals surface area contributed by atoms with Crippen LogP contribution in [0.3, 0.4) is 0 Å². The molecular formula is C18H23N3O2S. The molecule has 0 aliphatic carbocycles. The van der Waals surface area contributed by atoms with Crippen LogP contribution in [-0.2, 0) is 6.54 Å². The highest BCUT2D eigenvalue weighted by Crippen LogP contribution is 2.32. The van der Waals surface area contributed by atoms with E-state index in [1.54, 1.807) is 11.3 Å². The van der Waals surface area contributed by atoms with Gasteiger partial charge in [0.15, 0.2) is 0 Å². The molecule has 1 saturated heterocycles. The molecule has 1 aromatic heterocycles. The molecule has 1 atom stereocenters. The topological polar surface area (TPSA) is 54.5 Å². The molecule has 128 valence electrons. The normalized spacial score (nSPS) is 17.1. The van der Waals surface area contributed by atoms with Gasteiger partial charge in [-0.25, -0.2) is 9.78 Å². The molecule has 1 aromatic carbocycles. The van der Waals surface area contributed by atoms with E-state index >= 15 is 0 Å². The van der Waals surface area contributed by atoms with Crippen LogP contribution < -0.4 is 10.1 Å². The van der Waals surface area contributed by atoms with Crippen molar-refractivity contribution in [3.8, 4) is 5.75 Å². The van der Waals surface area contributed by atoms with E-state index in [9.17, 15) is 4.79 Å². The first-order valence-electron chi connectivity index (χ1n) is 8.35. The number of carbonyl (C=O) groups is 1. The fraction of sp³-hybridized carbons (Fsp3) is 0.444. The lowest BCUT2D eigenvalue weighted by Crippen LogP contribution is -2.39. The molecular weight excluding hydrogens is 322 g/mol. The average Bonchev–Trinajstić information content (AvgIpc) is 3.23. The number of benzene rings is 1. The highest BCUT2D eigenvalue weighted by molar-refractivity contribution is 7.09. The molecule has 0 radical (unpaired) electrons. The van der Waals surface area contributed by atoms with Crippen LogP contribution >= 0.6 is 11.3 Å². The summed E-state index contributed by atoms with van der Waals surface area (Å²) < 4.78 is 5.49. The zero-order valence-corrected chi connectivity index (χ0v) is 14.9. The molecule has 3 rings (SSSR count). The molecule has 0 spiro atoms. The first-order valence-corrected chi connectivity index (χ1v) is 9.23. The molecule has 2 aromatic rings. The molecule has 1 N–H and O–H groups in total. The summed E-state index contributed by atoms with van der Waals surface area (Å²) >= 11 is 1.58. The summed E-state index contributed by atoms with van der Waals surface area (Å²) in [6.07, 6.45) is 2.03. The highest BCUT2D eigenvalue weighted by atomic mass is 32.1. The summed E-state index contributed by atoms with van der Waals surface area (Å²) in [4.78, 5) is 18.9. The third-order valence-electron chi connectivity index (χ3n) is 4.15. The Bertz CT molecular complexity index is 684. The van der Waals surface area contributed by atoms with Gasteiger partial charge < -0.3 is 15.0 Å². The summed E-state index contributed by atoms with van der Waals surface area (Å²) in [5, 5.41) is 5.94. The van der Waals surface area contributed by atoms with E-state index in [0.29, 0.717) is 13.2 Å². The number of hydrogen-bond acceptors (Lipinski definition) is 4. The largest absolute Gasteiger partial charge is 0.494 e. The second-order valence-corrected chi connectivity index (χ2v) is 6.84. The average molecular weight is 345 g/mol. The molecule has 24 heavy (non-hydrogen) atoms. The predicted molar refractivity (Wildman–Crippen MR) is 95.4 cm³/mol. The van der Waals surface area contributed by atoms with E-state index in [4.69, 9.17) is 4.74 Å². The molecule has 0 bridgehead atoms. The minimum atomic E-state index is -0.0146. The van der Waals surface area contributed by atoms with Crippen LogP contribution in [0, 0.1) is 6.92 Å². The van der Waals surface area contributed by atoms with Crippen LogP contribution in [-0.4, -0.2) is 29.1 Å². The Balaban J connectivity index is 1.62. The van der Waals surface area contributed by atoms with Gasteiger partial charge in [0.1, 0.15) is 10.8 Å². The molecule has 1 aliphatic heterocycles. The van der Waals surface area contributed by atoms with Crippen LogP contribution in [0.25, 0.3) is 0 Å². The van der Waals surface area contributed by atoms with Gasteiger partial charge >= 0.3 is 6.03 Å². The van der Waals surface area contributed by atoms with Gasteiger partial charge in [-0.15, -0.1) is 11.3 Å². The number of nitrogens with zero attached hydrogens (tertiary/aromatic N) is 2. The Kier molecular flexibility index (Phi) is 5.35. The van der Waals surface area contributed by atoms with Crippen LogP contribution in [0.2, 0.25) is 0 Å². The number of ether oxygens (including phenoxy) is 1. The van der Waals surface area contributed by atoms with Crippen molar-refractivity contribution in [1.82, 2.24) is 15.2 Å². The first kappa shape index (κ1) is 16.8. The summed E-state index contributed by atoms with van der Waals surface area (Å²) in [7, 11) is 0. The summed E-state index contributed by atoms with van der Waals surface area (Å²) in [5.41, 5.74) is 2.16. The van der Waals surface area contributed by atoms with Crippen molar-refractivity contribution in [1.29, 1.82) is 0 Å². The van der Waals surface area contributed by atoms with E-state index in [1.807, 2.05) is 36.3 Å². The second kappa shape index (κ2) is 7.66. The van der Waals surface area contributed by atoms with Crippen molar-refractivity contribution >= 4 is 17.4 Å². The van der Waals surface area contributed by atoms with Crippen LogP contribution in [0.15, 0.2) is 29.6 Å². The molecule has 6 heteroatoms. The van der Waals surface area contributed by atoms with Gasteiger partial charge in [-0.3, -0.25) is 0 Å². The van der Waals surface area contributed by atoms with E-state index in [-0.39, 0.29) is 12.1 Å². The molecule has 1 fully saturated rings. The van der Waals surface area contributed by atoms with E-state index in [1.165, 1.54) is 0 Å². The van der Waals surface area contributed by atoms with Gasteiger partial charge in [0, 0.05) is 17.6 Å². The van der Waals surface area contributed by atoms with Gasteiger partial charge in [-0.2, -0.15) is 0 Å². The Morgan fingerprint density at radius 3 is 2.88 bits per heavy atom. The smallest absolute Gasteiger partial charge is 0.318 e. The van der Waals surface area contributed by atoms with Gasteiger partial charge in [0.05, 0.1) is 19.2 Å². The Labute approximate surface area is 146 Å². The predicted octanol–water partition coefficient (Wildman–Crippen LogP) is 3.90. The van der Waals surface area contributed by atoms with Crippen molar-refractivity contribution in [2.24, 2.45) is 0 Å². The molecule has 5 nitrogen and oxygen atoms in total. The number of likely N-dealkylation sites (tertiary alicyclic amines) is 1. The van der Waals surface area contributed by atoms with Crippen molar-refractivity contribution in [2.75, 3.05) is 13.2 Å². The highest BCUT2D eigenvalue weighted by Gasteiger charge is 2.29. The zero-order valence-electron chi connectivity index (χ0n) is 14.1. The number of urea groups is 1. The maximum Gasteiger partial charge on any atom is 0.318 e. The molecule has 2 heterocycles. The number of aromatic nitrogens is 1. The Morgan fingerprint density at radius 1 is 1.42 bits per heavy atom. The number of nitrogens with one attached hydrogen (secondary N) is 1. The Hall–Kier alpha value is -2.08. The second-order valence-electron chi connectivity index (χ2n) is 5.89. The molecule has 0 unspecified atom stereocenters. The third kappa shape index (κ3) is 3.87. The van der Waals surface area contributed by atoms with Gasteiger partial charge in [0.25, 0.3) is 0 Å². The fourth-order valence-corrected chi connectivity index (χ4v) is 3.76. The van der Waals surface area contributed by atoms with E-state index in [2.05, 4.69) is 22.4 Å². The van der Waals surface area contributed by atoms with E-state index in [0.717, 1.165) is 41.4 Å². The minimum Gasteiger partial charge on any atom is -0.494 e. The number of thiazole rings is 1. The number of hydrogen-bond donors (Lipinski definition) is 1. The fourth-order valence-electron chi connectivity index (χ4n) is 3.05.